The van der Waals surface area contributed by atoms with Gasteiger partial charge in [-0.05, 0) is 36.8 Å². The Morgan fingerprint density at radius 3 is 2.68 bits per heavy atom. The molecule has 0 radical (unpaired) electrons. The third-order valence-electron chi connectivity index (χ3n) is 3.24. The van der Waals surface area contributed by atoms with Crippen LogP contribution in [0, 0.1) is 11.3 Å². The van der Waals surface area contributed by atoms with Gasteiger partial charge in [-0.2, -0.15) is 5.26 Å². The summed E-state index contributed by atoms with van der Waals surface area (Å²) in [5.74, 6) is 0. The number of nitrogen functional groups attached to an aromatic ring is 1. The van der Waals surface area contributed by atoms with Gasteiger partial charge < -0.3 is 10.6 Å². The number of benzene rings is 1. The Balaban J connectivity index is 2.23. The van der Waals surface area contributed by atoms with Crippen molar-refractivity contribution in [3.8, 4) is 6.07 Å². The molecule has 1 aromatic carbocycles. The normalized spacial score (nSPS) is 11.6. The first-order valence-electron chi connectivity index (χ1n) is 6.06. The summed E-state index contributed by atoms with van der Waals surface area (Å²) in [5.41, 5.74) is 9.10. The highest BCUT2D eigenvalue weighted by atomic mass is 15.1. The number of hydrogen-bond donors (Lipinski definition) is 1. The van der Waals surface area contributed by atoms with Crippen molar-refractivity contribution in [2.45, 2.75) is 13.0 Å². The highest BCUT2D eigenvalue weighted by Crippen LogP contribution is 2.25. The third-order valence-corrected chi connectivity index (χ3v) is 3.24. The molecule has 0 fully saturated rings. The summed E-state index contributed by atoms with van der Waals surface area (Å²) >= 11 is 0. The number of hydrogen-bond acceptors (Lipinski definition) is 4. The minimum Gasteiger partial charge on any atom is -0.399 e. The quantitative estimate of drug-likeness (QED) is 0.853. The predicted molar refractivity (Wildman–Crippen MR) is 76.6 cm³/mol. The molecular formula is C15H16N4. The van der Waals surface area contributed by atoms with Gasteiger partial charge in [0.15, 0.2) is 0 Å². The summed E-state index contributed by atoms with van der Waals surface area (Å²) in [5, 5.41) is 8.74. The molecular weight excluding hydrogens is 236 g/mol. The molecule has 1 unspecified atom stereocenters. The number of nitrogens with two attached hydrogens (primary N) is 1. The molecule has 19 heavy (non-hydrogen) atoms. The fourth-order valence-electron chi connectivity index (χ4n) is 1.93. The highest BCUT2D eigenvalue weighted by molar-refractivity contribution is 5.49. The molecule has 1 aromatic heterocycles. The van der Waals surface area contributed by atoms with Crippen LogP contribution < -0.4 is 10.6 Å². The molecule has 4 heteroatoms. The second-order valence-electron chi connectivity index (χ2n) is 4.47. The van der Waals surface area contributed by atoms with Crippen LogP contribution in [0.25, 0.3) is 0 Å². The number of anilines is 2. The maximum Gasteiger partial charge on any atom is 0.140 e. The average Bonchev–Trinajstić information content (AvgIpc) is 2.46. The van der Waals surface area contributed by atoms with E-state index in [1.165, 1.54) is 0 Å². The van der Waals surface area contributed by atoms with Gasteiger partial charge in [-0.15, -0.1) is 0 Å². The Labute approximate surface area is 113 Å². The lowest BCUT2D eigenvalue weighted by Gasteiger charge is -2.27. The lowest BCUT2D eigenvalue weighted by molar-refractivity contribution is 0.738. The van der Waals surface area contributed by atoms with Crippen molar-refractivity contribution in [1.29, 1.82) is 5.26 Å². The van der Waals surface area contributed by atoms with E-state index in [-0.39, 0.29) is 6.04 Å². The van der Waals surface area contributed by atoms with Gasteiger partial charge in [0.1, 0.15) is 11.8 Å². The fraction of sp³-hybridized carbons (Fsp3) is 0.200. The molecule has 96 valence electrons. The lowest BCUT2D eigenvalue weighted by atomic mass is 10.1. The molecule has 1 atom stereocenters. The van der Waals surface area contributed by atoms with E-state index in [4.69, 9.17) is 11.0 Å². The largest absolute Gasteiger partial charge is 0.399 e. The number of nitrogens with zero attached hydrogens (tertiary/aromatic N) is 3. The molecule has 0 aliphatic carbocycles. The second-order valence-corrected chi connectivity index (χ2v) is 4.47. The van der Waals surface area contributed by atoms with Crippen LogP contribution in [-0.4, -0.2) is 12.0 Å². The summed E-state index contributed by atoms with van der Waals surface area (Å²) in [6, 6.07) is 13.7. The van der Waals surface area contributed by atoms with Gasteiger partial charge in [-0.1, -0.05) is 12.1 Å². The standard InChI is InChI=1S/C15H16N4/c1-11(12-4-3-5-13(17)8-12)19(2)15-7-6-14(9-16)18-10-15/h3-8,10-11H,17H2,1-2H3. The molecule has 0 aliphatic heterocycles. The van der Waals surface area contributed by atoms with Crippen LogP contribution in [0.15, 0.2) is 42.6 Å². The van der Waals surface area contributed by atoms with Gasteiger partial charge in [0.2, 0.25) is 0 Å². The van der Waals surface area contributed by atoms with Crippen molar-refractivity contribution >= 4 is 11.4 Å². The van der Waals surface area contributed by atoms with Crippen molar-refractivity contribution in [2.75, 3.05) is 17.7 Å². The maximum atomic E-state index is 8.74. The van der Waals surface area contributed by atoms with E-state index in [0.29, 0.717) is 5.69 Å². The third kappa shape index (κ3) is 2.83. The summed E-state index contributed by atoms with van der Waals surface area (Å²) in [6.07, 6.45) is 1.71. The fourth-order valence-corrected chi connectivity index (χ4v) is 1.93. The van der Waals surface area contributed by atoms with E-state index < -0.39 is 0 Å². The van der Waals surface area contributed by atoms with Gasteiger partial charge >= 0.3 is 0 Å². The predicted octanol–water partition coefficient (Wildman–Crippen LogP) is 2.73. The Hall–Kier alpha value is -2.54. The van der Waals surface area contributed by atoms with Crippen LogP contribution >= 0.6 is 0 Å². The van der Waals surface area contributed by atoms with Gasteiger partial charge in [-0.3, -0.25) is 0 Å². The van der Waals surface area contributed by atoms with E-state index in [0.717, 1.165) is 16.9 Å². The molecule has 2 N–H and O–H groups in total. The maximum absolute atomic E-state index is 8.74. The first-order valence-corrected chi connectivity index (χ1v) is 6.06. The molecule has 0 spiro atoms. The van der Waals surface area contributed by atoms with Crippen molar-refractivity contribution < 1.29 is 0 Å². The molecule has 2 aromatic rings. The first-order chi connectivity index (χ1) is 9.11. The zero-order valence-electron chi connectivity index (χ0n) is 11.0. The van der Waals surface area contributed by atoms with Gasteiger partial charge in [0.25, 0.3) is 0 Å². The van der Waals surface area contributed by atoms with Gasteiger partial charge in [0, 0.05) is 12.7 Å². The number of rotatable bonds is 3. The molecule has 2 rings (SSSR count). The van der Waals surface area contributed by atoms with E-state index >= 15 is 0 Å². The summed E-state index contributed by atoms with van der Waals surface area (Å²) in [6.45, 7) is 2.10. The van der Waals surface area contributed by atoms with E-state index in [2.05, 4.69) is 22.9 Å². The van der Waals surface area contributed by atoms with Crippen molar-refractivity contribution in [3.05, 3.63) is 53.9 Å². The topological polar surface area (TPSA) is 65.9 Å². The number of pyridine rings is 1. The SMILES string of the molecule is CC(c1cccc(N)c1)N(C)c1ccc(C#N)nc1. The van der Waals surface area contributed by atoms with Crippen LogP contribution in [-0.2, 0) is 0 Å². The van der Waals surface area contributed by atoms with Gasteiger partial charge in [0.05, 0.1) is 17.9 Å². The second kappa shape index (κ2) is 5.40. The van der Waals surface area contributed by atoms with E-state index in [1.807, 2.05) is 37.4 Å². The summed E-state index contributed by atoms with van der Waals surface area (Å²) in [7, 11) is 2.00. The van der Waals surface area contributed by atoms with Crippen LogP contribution in [0.3, 0.4) is 0 Å². The molecule has 0 bridgehead atoms. The smallest absolute Gasteiger partial charge is 0.140 e. The van der Waals surface area contributed by atoms with Gasteiger partial charge in [-0.25, -0.2) is 4.98 Å². The minimum atomic E-state index is 0.179. The Kier molecular flexibility index (Phi) is 3.67. The Morgan fingerprint density at radius 1 is 1.32 bits per heavy atom. The van der Waals surface area contributed by atoms with Crippen molar-refractivity contribution in [1.82, 2.24) is 4.98 Å². The molecule has 0 saturated carbocycles. The lowest BCUT2D eigenvalue weighted by Crippen LogP contribution is -2.21. The monoisotopic (exact) mass is 252 g/mol. The summed E-state index contributed by atoms with van der Waals surface area (Å²) in [4.78, 5) is 6.18. The number of aromatic nitrogens is 1. The average molecular weight is 252 g/mol. The van der Waals surface area contributed by atoms with Crippen LogP contribution in [0.4, 0.5) is 11.4 Å². The molecule has 0 saturated heterocycles. The molecule has 0 aliphatic rings. The van der Waals surface area contributed by atoms with Crippen LogP contribution in [0.5, 0.6) is 0 Å². The van der Waals surface area contributed by atoms with E-state index in [1.54, 1.807) is 12.3 Å². The molecule has 4 nitrogen and oxygen atoms in total. The minimum absolute atomic E-state index is 0.179. The van der Waals surface area contributed by atoms with Crippen LogP contribution in [0.2, 0.25) is 0 Å². The molecule has 0 amide bonds. The zero-order valence-corrected chi connectivity index (χ0v) is 11.0. The zero-order chi connectivity index (χ0) is 13.8. The van der Waals surface area contributed by atoms with Crippen molar-refractivity contribution in [3.63, 3.8) is 0 Å². The molecule has 1 heterocycles. The van der Waals surface area contributed by atoms with Crippen LogP contribution in [0.1, 0.15) is 24.2 Å². The Morgan fingerprint density at radius 2 is 2.11 bits per heavy atom. The Bertz CT molecular complexity index is 598. The van der Waals surface area contributed by atoms with Crippen molar-refractivity contribution in [2.24, 2.45) is 0 Å². The highest BCUT2D eigenvalue weighted by Gasteiger charge is 2.12. The summed E-state index contributed by atoms with van der Waals surface area (Å²) < 4.78 is 0. The van der Waals surface area contributed by atoms with E-state index in [9.17, 15) is 0 Å². The number of nitriles is 1. The first kappa shape index (κ1) is 12.9.